The largest absolute Gasteiger partial charge is 0.515 e. The minimum absolute atomic E-state index is 0.0112. The molecule has 2 aliphatic rings. The maximum atomic E-state index is 12.4. The average Bonchev–Trinajstić information content (AvgIpc) is 3.22. The van der Waals surface area contributed by atoms with Gasteiger partial charge in [0.25, 0.3) is 0 Å². The normalized spacial score (nSPS) is 19.7. The van der Waals surface area contributed by atoms with Gasteiger partial charge in [0.1, 0.15) is 18.6 Å². The molecule has 3 rings (SSSR count). The van der Waals surface area contributed by atoms with Crippen LogP contribution in [0.1, 0.15) is 10.6 Å². The second-order valence-electron chi connectivity index (χ2n) is 6.03. The second kappa shape index (κ2) is 9.32. The number of rotatable bonds is 8. The van der Waals surface area contributed by atoms with E-state index in [1.165, 1.54) is 40.2 Å². The molecule has 1 saturated heterocycles. The lowest BCUT2D eigenvalue weighted by Gasteiger charge is -2.40. The molecule has 0 unspecified atom stereocenters. The number of aliphatic hydroxyl groups is 1. The molecule has 10 nitrogen and oxygen atoms in total. The Morgan fingerprint density at radius 1 is 1.30 bits per heavy atom. The minimum Gasteiger partial charge on any atom is -0.445 e. The Labute approximate surface area is 180 Å². The molecule has 0 bridgehead atoms. The van der Waals surface area contributed by atoms with Gasteiger partial charge in [-0.2, -0.15) is 0 Å². The highest BCUT2D eigenvalue weighted by molar-refractivity contribution is 8.09. The SMILES string of the molecule is C=CCOC(=O)Nc1nc(C2=C(OC(=O)OCC=C)N3C(=O)[C@H](CO)[C@H]3S2)c(C)s1. The molecule has 0 saturated carbocycles. The molecular weight excluding hydrogens is 434 g/mol. The van der Waals surface area contributed by atoms with Gasteiger partial charge in [-0.1, -0.05) is 37.1 Å². The van der Waals surface area contributed by atoms with Crippen molar-refractivity contribution in [3.8, 4) is 0 Å². The van der Waals surface area contributed by atoms with Gasteiger partial charge in [0, 0.05) is 4.88 Å². The van der Waals surface area contributed by atoms with E-state index in [4.69, 9.17) is 14.2 Å². The number of anilines is 1. The number of fused-ring (bicyclic) bond motifs is 1. The topological polar surface area (TPSA) is 127 Å². The predicted octanol–water partition coefficient (Wildman–Crippen LogP) is 2.67. The number of hydrogen-bond acceptors (Lipinski definition) is 10. The third-order valence-corrected chi connectivity index (χ3v) is 6.32. The zero-order valence-corrected chi connectivity index (χ0v) is 17.6. The van der Waals surface area contributed by atoms with Crippen molar-refractivity contribution < 1.29 is 33.7 Å². The van der Waals surface area contributed by atoms with Crippen LogP contribution in [0.25, 0.3) is 4.91 Å². The molecule has 1 aromatic rings. The van der Waals surface area contributed by atoms with Crippen LogP contribution in [-0.4, -0.2) is 58.3 Å². The zero-order chi connectivity index (χ0) is 21.8. The van der Waals surface area contributed by atoms with Crippen molar-refractivity contribution >= 4 is 51.3 Å². The van der Waals surface area contributed by atoms with E-state index in [-0.39, 0.29) is 36.7 Å². The van der Waals surface area contributed by atoms with Crippen molar-refractivity contribution in [3.05, 3.63) is 41.8 Å². The van der Waals surface area contributed by atoms with Gasteiger partial charge in [0.05, 0.1) is 23.1 Å². The number of thioether (sulfide) groups is 1. The number of aryl methyl sites for hydroxylation is 1. The number of ether oxygens (including phenoxy) is 3. The molecule has 2 N–H and O–H groups in total. The Balaban J connectivity index is 1.88. The first-order valence-electron chi connectivity index (χ1n) is 8.74. The molecule has 3 heterocycles. The minimum atomic E-state index is -0.997. The number of aliphatic hydroxyl groups excluding tert-OH is 1. The highest BCUT2D eigenvalue weighted by Crippen LogP contribution is 2.53. The molecule has 2 aliphatic heterocycles. The standard InChI is InChI=1S/C18H19N3O7S2/c1-4-6-26-17(24)20-16-19-11(9(3)29-16)12-14(28-18(25)27-7-5-2)21-13(23)10(8-22)15(21)30-12/h4-5,10,15,22H,1-2,6-8H2,3H3,(H,19,20,24)/t10-,15+/m0/s1. The lowest BCUT2D eigenvalue weighted by atomic mass is 10.00. The van der Waals surface area contributed by atoms with Crippen molar-refractivity contribution in [2.24, 2.45) is 5.92 Å². The third kappa shape index (κ3) is 4.20. The average molecular weight is 453 g/mol. The van der Waals surface area contributed by atoms with Crippen molar-refractivity contribution in [1.82, 2.24) is 9.88 Å². The highest BCUT2D eigenvalue weighted by atomic mass is 32.2. The number of aromatic nitrogens is 1. The van der Waals surface area contributed by atoms with Gasteiger partial charge >= 0.3 is 12.2 Å². The van der Waals surface area contributed by atoms with E-state index >= 15 is 0 Å². The molecule has 1 aromatic heterocycles. The molecule has 2 amide bonds. The van der Waals surface area contributed by atoms with Crippen molar-refractivity contribution in [2.45, 2.75) is 12.3 Å². The number of carbonyl (C=O) groups excluding carboxylic acids is 3. The molecule has 0 spiro atoms. The van der Waals surface area contributed by atoms with Gasteiger partial charge in [-0.25, -0.2) is 14.6 Å². The Bertz CT molecular complexity index is 927. The number of β-lactam (4-membered cyclic amide) rings is 1. The monoisotopic (exact) mass is 453 g/mol. The number of carbonyl (C=O) groups is 3. The first-order valence-corrected chi connectivity index (χ1v) is 10.4. The quantitative estimate of drug-likeness (QED) is 0.347. The van der Waals surface area contributed by atoms with Crippen molar-refractivity contribution in [3.63, 3.8) is 0 Å². The fraction of sp³-hybridized carbons (Fsp3) is 0.333. The van der Waals surface area contributed by atoms with Crippen LogP contribution in [0.4, 0.5) is 14.7 Å². The van der Waals surface area contributed by atoms with Crippen LogP contribution in [0.2, 0.25) is 0 Å². The molecule has 0 radical (unpaired) electrons. The van der Waals surface area contributed by atoms with Crippen LogP contribution in [-0.2, 0) is 19.0 Å². The van der Waals surface area contributed by atoms with E-state index < -0.39 is 23.5 Å². The van der Waals surface area contributed by atoms with Crippen LogP contribution in [0.3, 0.4) is 0 Å². The van der Waals surface area contributed by atoms with Crippen LogP contribution >= 0.6 is 23.1 Å². The van der Waals surface area contributed by atoms with Crippen LogP contribution in [0, 0.1) is 12.8 Å². The lowest BCUT2D eigenvalue weighted by molar-refractivity contribution is -0.151. The summed E-state index contributed by atoms with van der Waals surface area (Å²) in [5, 5.41) is 11.8. The fourth-order valence-electron chi connectivity index (χ4n) is 2.73. The van der Waals surface area contributed by atoms with Crippen molar-refractivity contribution in [1.29, 1.82) is 0 Å². The summed E-state index contributed by atoms with van der Waals surface area (Å²) in [5.41, 5.74) is 0.439. The first kappa shape index (κ1) is 21.9. The number of nitrogens with zero attached hydrogens (tertiary/aromatic N) is 2. The van der Waals surface area contributed by atoms with E-state index in [2.05, 4.69) is 23.5 Å². The molecule has 0 aliphatic carbocycles. The Kier molecular flexibility index (Phi) is 6.80. The van der Waals surface area contributed by atoms with Gasteiger partial charge in [-0.15, -0.1) is 11.3 Å². The van der Waals surface area contributed by atoms with Gasteiger partial charge in [-0.05, 0) is 6.92 Å². The maximum absolute atomic E-state index is 12.4. The highest BCUT2D eigenvalue weighted by Gasteiger charge is 2.56. The summed E-state index contributed by atoms with van der Waals surface area (Å²) in [6.45, 7) is 8.37. The van der Waals surface area contributed by atoms with E-state index in [0.29, 0.717) is 15.5 Å². The summed E-state index contributed by atoms with van der Waals surface area (Å²) in [6, 6.07) is 0. The smallest absolute Gasteiger partial charge is 0.445 e. The van der Waals surface area contributed by atoms with Gasteiger partial charge in [0.15, 0.2) is 5.13 Å². The molecule has 30 heavy (non-hydrogen) atoms. The molecule has 2 atom stereocenters. The maximum Gasteiger partial charge on any atom is 0.515 e. The zero-order valence-electron chi connectivity index (χ0n) is 16.0. The molecule has 1 fully saturated rings. The number of hydrogen-bond donors (Lipinski definition) is 2. The first-order chi connectivity index (χ1) is 14.4. The summed E-state index contributed by atoms with van der Waals surface area (Å²) in [7, 11) is 0. The summed E-state index contributed by atoms with van der Waals surface area (Å²) in [4.78, 5) is 42.9. The Morgan fingerprint density at radius 3 is 2.67 bits per heavy atom. The van der Waals surface area contributed by atoms with Gasteiger partial charge in [0.2, 0.25) is 11.8 Å². The molecule has 12 heteroatoms. The summed E-state index contributed by atoms with van der Waals surface area (Å²) < 4.78 is 15.0. The van der Waals surface area contributed by atoms with Gasteiger partial charge < -0.3 is 19.3 Å². The summed E-state index contributed by atoms with van der Waals surface area (Å²) >= 11 is 2.44. The van der Waals surface area contributed by atoms with E-state index in [9.17, 15) is 19.5 Å². The summed E-state index contributed by atoms with van der Waals surface area (Å²) in [6.07, 6.45) is 1.13. The van der Waals surface area contributed by atoms with Crippen molar-refractivity contribution in [2.75, 3.05) is 25.1 Å². The summed E-state index contributed by atoms with van der Waals surface area (Å²) in [5.74, 6) is -0.987. The number of nitrogens with one attached hydrogen (secondary N) is 1. The predicted molar refractivity (Wildman–Crippen MR) is 110 cm³/mol. The molecule has 160 valence electrons. The molecule has 0 aromatic carbocycles. The van der Waals surface area contributed by atoms with Gasteiger partial charge in [-0.3, -0.25) is 15.0 Å². The van der Waals surface area contributed by atoms with Crippen LogP contribution in [0.5, 0.6) is 0 Å². The number of amides is 2. The van der Waals surface area contributed by atoms with E-state index in [0.717, 1.165) is 0 Å². The Hall–Kier alpha value is -2.83. The lowest BCUT2D eigenvalue weighted by Crippen LogP contribution is -2.58. The third-order valence-electron chi connectivity index (χ3n) is 4.05. The fourth-order valence-corrected chi connectivity index (χ4v) is 5.06. The molecular formula is C18H19N3O7S2. The van der Waals surface area contributed by atoms with Crippen LogP contribution in [0.15, 0.2) is 31.2 Å². The second-order valence-corrected chi connectivity index (χ2v) is 8.36. The Morgan fingerprint density at radius 2 is 2.00 bits per heavy atom. The van der Waals surface area contributed by atoms with E-state index in [1.54, 1.807) is 6.92 Å². The van der Waals surface area contributed by atoms with E-state index in [1.807, 2.05) is 0 Å². The number of thiazole rings is 1. The van der Waals surface area contributed by atoms with Crippen LogP contribution < -0.4 is 5.32 Å².